The molecule has 3 N–H and O–H groups in total. The van der Waals surface area contributed by atoms with Gasteiger partial charge in [0, 0.05) is 12.2 Å². The van der Waals surface area contributed by atoms with Gasteiger partial charge >= 0.3 is 0 Å². The Labute approximate surface area is 167 Å². The molecule has 2 aromatic rings. The molecule has 7 heteroatoms. The van der Waals surface area contributed by atoms with Crippen molar-refractivity contribution in [2.75, 3.05) is 16.6 Å². The normalized spacial score (nSPS) is 11.1. The van der Waals surface area contributed by atoms with Crippen LogP contribution < -0.4 is 15.4 Å². The van der Waals surface area contributed by atoms with Crippen molar-refractivity contribution in [2.24, 2.45) is 0 Å². The van der Waals surface area contributed by atoms with E-state index >= 15 is 0 Å². The standard InChI is InChI=1S/C20H27N3O2S2/c1-5-6-11-21-20(26)22-19-13-17(9-8-15(19)3)27(24,25)23-18-10-7-14(2)12-16(18)4/h7-10,12-13,23H,5-6,11H2,1-4H3,(H2,21,22,26). The van der Waals surface area contributed by atoms with E-state index in [-0.39, 0.29) is 4.90 Å². The summed E-state index contributed by atoms with van der Waals surface area (Å²) in [6.07, 6.45) is 2.10. The Balaban J connectivity index is 2.21. The molecule has 0 aromatic heterocycles. The molecule has 2 rings (SSSR count). The highest BCUT2D eigenvalue weighted by Gasteiger charge is 2.17. The average Bonchev–Trinajstić information content (AvgIpc) is 2.59. The van der Waals surface area contributed by atoms with Crippen LogP contribution in [-0.4, -0.2) is 20.1 Å². The highest BCUT2D eigenvalue weighted by Crippen LogP contribution is 2.24. The second kappa shape index (κ2) is 9.19. The van der Waals surface area contributed by atoms with Crippen LogP contribution in [0.15, 0.2) is 41.3 Å². The maximum Gasteiger partial charge on any atom is 0.261 e. The first-order valence-electron chi connectivity index (χ1n) is 8.98. The number of hydrogen-bond acceptors (Lipinski definition) is 3. The maximum absolute atomic E-state index is 12.8. The summed E-state index contributed by atoms with van der Waals surface area (Å²) in [4.78, 5) is 0.187. The Bertz CT molecular complexity index is 925. The lowest BCUT2D eigenvalue weighted by atomic mass is 10.1. The average molecular weight is 406 g/mol. The SMILES string of the molecule is CCCCNC(=S)Nc1cc(S(=O)(=O)Nc2ccc(C)cc2C)ccc1C. The van der Waals surface area contributed by atoms with Crippen LogP contribution in [0.4, 0.5) is 11.4 Å². The fourth-order valence-electron chi connectivity index (χ4n) is 2.58. The summed E-state index contributed by atoms with van der Waals surface area (Å²) in [6.45, 7) is 8.66. The predicted octanol–water partition coefficient (Wildman–Crippen LogP) is 4.50. The number of anilines is 2. The minimum atomic E-state index is -3.70. The first-order valence-corrected chi connectivity index (χ1v) is 10.9. The number of hydrogen-bond donors (Lipinski definition) is 3. The molecular formula is C20H27N3O2S2. The molecule has 2 aromatic carbocycles. The highest BCUT2D eigenvalue weighted by atomic mass is 32.2. The minimum absolute atomic E-state index is 0.187. The lowest BCUT2D eigenvalue weighted by Crippen LogP contribution is -2.29. The summed E-state index contributed by atoms with van der Waals surface area (Å²) in [5.41, 5.74) is 4.13. The van der Waals surface area contributed by atoms with Crippen molar-refractivity contribution >= 4 is 38.7 Å². The first-order chi connectivity index (χ1) is 12.7. The second-order valence-electron chi connectivity index (χ2n) is 6.64. The maximum atomic E-state index is 12.8. The van der Waals surface area contributed by atoms with Crippen LogP contribution in [0.25, 0.3) is 0 Å². The fraction of sp³-hybridized carbons (Fsp3) is 0.350. The van der Waals surface area contributed by atoms with Gasteiger partial charge in [0.2, 0.25) is 0 Å². The predicted molar refractivity (Wildman–Crippen MR) is 117 cm³/mol. The molecule has 0 spiro atoms. The summed E-state index contributed by atoms with van der Waals surface area (Å²) in [5.74, 6) is 0. The van der Waals surface area contributed by atoms with Crippen molar-refractivity contribution < 1.29 is 8.42 Å². The lowest BCUT2D eigenvalue weighted by Gasteiger charge is -2.15. The monoisotopic (exact) mass is 405 g/mol. The van der Waals surface area contributed by atoms with Crippen molar-refractivity contribution in [1.82, 2.24) is 5.32 Å². The van der Waals surface area contributed by atoms with Crippen molar-refractivity contribution in [2.45, 2.75) is 45.4 Å². The van der Waals surface area contributed by atoms with E-state index in [4.69, 9.17) is 12.2 Å². The quantitative estimate of drug-likeness (QED) is 0.467. The van der Waals surface area contributed by atoms with Gasteiger partial charge in [-0.3, -0.25) is 4.72 Å². The van der Waals surface area contributed by atoms with Gasteiger partial charge in [-0.2, -0.15) is 0 Å². The van der Waals surface area contributed by atoms with Crippen molar-refractivity contribution in [3.05, 3.63) is 53.1 Å². The fourth-order valence-corrected chi connectivity index (χ4v) is 3.95. The van der Waals surface area contributed by atoms with Gasteiger partial charge in [0.05, 0.1) is 10.6 Å². The third-order valence-corrected chi connectivity index (χ3v) is 5.82. The number of thiocarbonyl (C=S) groups is 1. The molecule has 0 aliphatic heterocycles. The number of benzene rings is 2. The molecule has 0 aliphatic rings. The summed E-state index contributed by atoms with van der Waals surface area (Å²) in [5, 5.41) is 6.71. The molecule has 0 heterocycles. The molecule has 0 saturated heterocycles. The van der Waals surface area contributed by atoms with Crippen LogP contribution in [0.3, 0.4) is 0 Å². The molecule has 0 saturated carbocycles. The van der Waals surface area contributed by atoms with E-state index in [1.807, 2.05) is 32.9 Å². The van der Waals surface area contributed by atoms with Gasteiger partial charge < -0.3 is 10.6 Å². The molecule has 0 radical (unpaired) electrons. The number of nitrogens with one attached hydrogen (secondary N) is 3. The Morgan fingerprint density at radius 3 is 2.41 bits per heavy atom. The Morgan fingerprint density at radius 1 is 1.00 bits per heavy atom. The van der Waals surface area contributed by atoms with Gasteiger partial charge in [-0.15, -0.1) is 0 Å². The van der Waals surface area contributed by atoms with Crippen LogP contribution in [-0.2, 0) is 10.0 Å². The van der Waals surface area contributed by atoms with Crippen LogP contribution in [0.1, 0.15) is 36.5 Å². The topological polar surface area (TPSA) is 70.2 Å². The van der Waals surface area contributed by atoms with E-state index < -0.39 is 10.0 Å². The van der Waals surface area contributed by atoms with Crippen LogP contribution >= 0.6 is 12.2 Å². The van der Waals surface area contributed by atoms with Crippen molar-refractivity contribution in [1.29, 1.82) is 0 Å². The van der Waals surface area contributed by atoms with Gasteiger partial charge in [-0.1, -0.05) is 37.1 Å². The van der Waals surface area contributed by atoms with Gasteiger partial charge in [0.15, 0.2) is 5.11 Å². The van der Waals surface area contributed by atoms with Crippen molar-refractivity contribution in [3.8, 4) is 0 Å². The molecule has 0 atom stereocenters. The zero-order valence-corrected chi connectivity index (χ0v) is 17.9. The first kappa shape index (κ1) is 21.2. The molecule has 27 heavy (non-hydrogen) atoms. The van der Waals surface area contributed by atoms with E-state index in [0.29, 0.717) is 16.5 Å². The highest BCUT2D eigenvalue weighted by molar-refractivity contribution is 7.92. The van der Waals surface area contributed by atoms with Crippen molar-refractivity contribution in [3.63, 3.8) is 0 Å². The van der Waals surface area contributed by atoms with E-state index in [1.54, 1.807) is 24.3 Å². The lowest BCUT2D eigenvalue weighted by molar-refractivity contribution is 0.601. The van der Waals surface area contributed by atoms with Crippen LogP contribution in [0, 0.1) is 20.8 Å². The smallest absolute Gasteiger partial charge is 0.261 e. The Hall–Kier alpha value is -2.12. The number of rotatable bonds is 7. The summed E-state index contributed by atoms with van der Waals surface area (Å²) in [6, 6.07) is 10.6. The summed E-state index contributed by atoms with van der Waals surface area (Å²) < 4.78 is 28.3. The number of aryl methyl sites for hydroxylation is 3. The molecular weight excluding hydrogens is 378 g/mol. The van der Waals surface area contributed by atoms with E-state index in [1.165, 1.54) is 0 Å². The van der Waals surface area contributed by atoms with E-state index in [9.17, 15) is 8.42 Å². The Morgan fingerprint density at radius 2 is 1.74 bits per heavy atom. The van der Waals surface area contributed by atoms with E-state index in [0.717, 1.165) is 36.1 Å². The molecule has 0 bridgehead atoms. The largest absolute Gasteiger partial charge is 0.362 e. The van der Waals surface area contributed by atoms with Gasteiger partial charge in [0.1, 0.15) is 0 Å². The van der Waals surface area contributed by atoms with Crippen LogP contribution in [0.5, 0.6) is 0 Å². The van der Waals surface area contributed by atoms with Gasteiger partial charge in [-0.25, -0.2) is 8.42 Å². The third-order valence-electron chi connectivity index (χ3n) is 4.21. The summed E-state index contributed by atoms with van der Waals surface area (Å²) >= 11 is 5.29. The zero-order chi connectivity index (χ0) is 20.0. The number of sulfonamides is 1. The third kappa shape index (κ3) is 5.94. The summed E-state index contributed by atoms with van der Waals surface area (Å²) in [7, 11) is -3.70. The molecule has 5 nitrogen and oxygen atoms in total. The molecule has 0 amide bonds. The molecule has 146 valence electrons. The minimum Gasteiger partial charge on any atom is -0.362 e. The van der Waals surface area contributed by atoms with Gasteiger partial charge in [-0.05, 0) is 68.7 Å². The zero-order valence-electron chi connectivity index (χ0n) is 16.2. The molecule has 0 unspecified atom stereocenters. The molecule has 0 fully saturated rings. The Kier molecular flexibility index (Phi) is 7.21. The second-order valence-corrected chi connectivity index (χ2v) is 8.73. The van der Waals surface area contributed by atoms with E-state index in [2.05, 4.69) is 22.3 Å². The molecule has 0 aliphatic carbocycles. The van der Waals surface area contributed by atoms with Gasteiger partial charge in [0.25, 0.3) is 10.0 Å². The van der Waals surface area contributed by atoms with Crippen LogP contribution in [0.2, 0.25) is 0 Å². The number of unbranched alkanes of at least 4 members (excludes halogenated alkanes) is 1.